The lowest BCUT2D eigenvalue weighted by atomic mass is 10.1. The van der Waals surface area contributed by atoms with Crippen molar-refractivity contribution in [2.24, 2.45) is 0 Å². The van der Waals surface area contributed by atoms with Crippen LogP contribution >= 0.6 is 11.8 Å². The molecule has 4 nitrogen and oxygen atoms in total. The molecule has 5 heteroatoms. The van der Waals surface area contributed by atoms with E-state index in [1.165, 1.54) is 0 Å². The third kappa shape index (κ3) is 2.40. The summed E-state index contributed by atoms with van der Waals surface area (Å²) >= 11 is 5.56. The summed E-state index contributed by atoms with van der Waals surface area (Å²) in [5.41, 5.74) is 5.17. The number of rotatable bonds is 3. The van der Waals surface area contributed by atoms with Gasteiger partial charge in [0, 0.05) is 30.7 Å². The predicted octanol–water partition coefficient (Wildman–Crippen LogP) is 3.30. The Kier molecular flexibility index (Phi) is 3.56. The Morgan fingerprint density at radius 1 is 1.17 bits per heavy atom. The molecule has 3 aromatic rings. The minimum absolute atomic E-state index is 0.00235. The average Bonchev–Trinajstić information content (AvgIpc) is 2.85. The molecule has 0 atom stereocenters. The second-order valence-electron chi connectivity index (χ2n) is 5.69. The van der Waals surface area contributed by atoms with Crippen LogP contribution in [0, 0.1) is 0 Å². The standard InChI is InChI=1S/C18H16ClN3O/c19-21-11-12-4-6-13(7-5-12)16-10-14-2-1-3-15-17(14)22(16)9-8-20-18(15)23/h1-7,10,21H,8-9,11H2,(H,20,23). The van der Waals surface area contributed by atoms with E-state index in [1.54, 1.807) is 0 Å². The van der Waals surface area contributed by atoms with E-state index in [-0.39, 0.29) is 5.91 Å². The monoisotopic (exact) mass is 325 g/mol. The lowest BCUT2D eigenvalue weighted by molar-refractivity contribution is 0.0956. The van der Waals surface area contributed by atoms with E-state index in [4.69, 9.17) is 11.8 Å². The molecule has 116 valence electrons. The van der Waals surface area contributed by atoms with Crippen LogP contribution in [0.1, 0.15) is 15.9 Å². The number of carbonyl (C=O) groups excluding carboxylic acids is 1. The van der Waals surface area contributed by atoms with Gasteiger partial charge in [-0.15, -0.1) is 0 Å². The zero-order valence-corrected chi connectivity index (χ0v) is 13.2. The van der Waals surface area contributed by atoms with Crippen molar-refractivity contribution in [2.75, 3.05) is 6.54 Å². The molecule has 0 radical (unpaired) electrons. The lowest BCUT2D eigenvalue weighted by Gasteiger charge is -2.10. The van der Waals surface area contributed by atoms with Gasteiger partial charge in [-0.1, -0.05) is 36.4 Å². The minimum atomic E-state index is 0.00235. The first-order valence-corrected chi connectivity index (χ1v) is 7.99. The molecule has 2 heterocycles. The Balaban J connectivity index is 1.89. The summed E-state index contributed by atoms with van der Waals surface area (Å²) in [6.07, 6.45) is 0. The normalized spacial score (nSPS) is 13.9. The zero-order chi connectivity index (χ0) is 15.8. The van der Waals surface area contributed by atoms with Crippen LogP contribution in [0.5, 0.6) is 0 Å². The first-order chi connectivity index (χ1) is 11.3. The fourth-order valence-corrected chi connectivity index (χ4v) is 3.38. The van der Waals surface area contributed by atoms with Crippen molar-refractivity contribution < 1.29 is 4.79 Å². The minimum Gasteiger partial charge on any atom is -0.350 e. The Bertz CT molecular complexity index is 883. The quantitative estimate of drug-likeness (QED) is 0.726. The molecule has 0 saturated carbocycles. The van der Waals surface area contributed by atoms with E-state index < -0.39 is 0 Å². The van der Waals surface area contributed by atoms with Crippen molar-refractivity contribution in [2.45, 2.75) is 13.1 Å². The van der Waals surface area contributed by atoms with Crippen molar-refractivity contribution in [3.8, 4) is 11.3 Å². The Labute approximate surface area is 139 Å². The largest absolute Gasteiger partial charge is 0.350 e. The van der Waals surface area contributed by atoms with Gasteiger partial charge in [0.2, 0.25) is 0 Å². The first-order valence-electron chi connectivity index (χ1n) is 7.61. The summed E-state index contributed by atoms with van der Waals surface area (Å²) in [4.78, 5) is 14.8. The van der Waals surface area contributed by atoms with Crippen LogP contribution in [-0.2, 0) is 13.1 Å². The molecule has 4 rings (SSSR count). The van der Waals surface area contributed by atoms with Crippen molar-refractivity contribution >= 4 is 28.6 Å². The van der Waals surface area contributed by atoms with Gasteiger partial charge in [-0.2, -0.15) is 0 Å². The Morgan fingerprint density at radius 3 is 2.78 bits per heavy atom. The molecular weight excluding hydrogens is 310 g/mol. The number of nitrogens with zero attached hydrogens (tertiary/aromatic N) is 1. The van der Waals surface area contributed by atoms with Gasteiger partial charge in [0.05, 0.1) is 11.1 Å². The average molecular weight is 326 g/mol. The van der Waals surface area contributed by atoms with Crippen molar-refractivity contribution in [1.29, 1.82) is 0 Å². The van der Waals surface area contributed by atoms with Crippen LogP contribution in [0.15, 0.2) is 48.5 Å². The molecule has 0 unspecified atom stereocenters. The third-order valence-corrected chi connectivity index (χ3v) is 4.44. The predicted molar refractivity (Wildman–Crippen MR) is 92.4 cm³/mol. The highest BCUT2D eigenvalue weighted by molar-refractivity contribution is 6.13. The van der Waals surface area contributed by atoms with Crippen LogP contribution in [0.25, 0.3) is 22.2 Å². The smallest absolute Gasteiger partial charge is 0.253 e. The number of benzene rings is 2. The fourth-order valence-electron chi connectivity index (χ4n) is 3.23. The topological polar surface area (TPSA) is 46.1 Å². The maximum absolute atomic E-state index is 12.2. The van der Waals surface area contributed by atoms with Crippen molar-refractivity contribution in [3.63, 3.8) is 0 Å². The molecular formula is C18H16ClN3O. The highest BCUT2D eigenvalue weighted by Crippen LogP contribution is 2.31. The molecule has 0 spiro atoms. The lowest BCUT2D eigenvalue weighted by Crippen LogP contribution is -2.24. The summed E-state index contributed by atoms with van der Waals surface area (Å²) in [7, 11) is 0. The molecule has 1 amide bonds. The van der Waals surface area contributed by atoms with Gasteiger partial charge in [0.15, 0.2) is 0 Å². The molecule has 0 aliphatic carbocycles. The maximum Gasteiger partial charge on any atom is 0.253 e. The highest BCUT2D eigenvalue weighted by atomic mass is 35.5. The van der Waals surface area contributed by atoms with Crippen molar-refractivity contribution in [3.05, 3.63) is 59.7 Å². The molecule has 0 bridgehead atoms. The van der Waals surface area contributed by atoms with Crippen LogP contribution < -0.4 is 10.2 Å². The summed E-state index contributed by atoms with van der Waals surface area (Å²) in [6.45, 7) is 2.04. The number of nitrogens with one attached hydrogen (secondary N) is 2. The van der Waals surface area contributed by atoms with Gasteiger partial charge >= 0.3 is 0 Å². The van der Waals surface area contributed by atoms with E-state index in [1.807, 2.05) is 12.1 Å². The van der Waals surface area contributed by atoms with Gasteiger partial charge in [0.25, 0.3) is 5.91 Å². The Morgan fingerprint density at radius 2 is 2.00 bits per heavy atom. The van der Waals surface area contributed by atoms with Crippen LogP contribution in [0.3, 0.4) is 0 Å². The number of halogens is 1. The summed E-state index contributed by atoms with van der Waals surface area (Å²) < 4.78 is 2.23. The number of amides is 1. The summed E-state index contributed by atoms with van der Waals surface area (Å²) in [6, 6.07) is 16.4. The molecule has 2 aromatic carbocycles. The number of aromatic nitrogens is 1. The van der Waals surface area contributed by atoms with Crippen LogP contribution in [0.4, 0.5) is 0 Å². The summed E-state index contributed by atoms with van der Waals surface area (Å²) in [5, 5.41) is 4.06. The van der Waals surface area contributed by atoms with Gasteiger partial charge in [-0.25, -0.2) is 4.84 Å². The second-order valence-corrected chi connectivity index (χ2v) is 5.96. The molecule has 2 N–H and O–H groups in total. The zero-order valence-electron chi connectivity index (χ0n) is 12.5. The molecule has 23 heavy (non-hydrogen) atoms. The third-order valence-electron chi connectivity index (χ3n) is 4.31. The molecule has 1 aliphatic rings. The van der Waals surface area contributed by atoms with Crippen LogP contribution in [-0.4, -0.2) is 17.0 Å². The molecule has 1 aromatic heterocycles. The van der Waals surface area contributed by atoms with E-state index in [0.29, 0.717) is 13.1 Å². The summed E-state index contributed by atoms with van der Waals surface area (Å²) in [5.74, 6) is 0.00235. The van der Waals surface area contributed by atoms with Gasteiger partial charge in [-0.3, -0.25) is 4.79 Å². The van der Waals surface area contributed by atoms with Gasteiger partial charge in [-0.05, 0) is 35.0 Å². The molecule has 0 fully saturated rings. The molecule has 1 aliphatic heterocycles. The van der Waals surface area contributed by atoms with Crippen molar-refractivity contribution in [1.82, 2.24) is 14.7 Å². The first kappa shape index (κ1) is 14.3. The molecule has 0 saturated heterocycles. The van der Waals surface area contributed by atoms with E-state index in [2.05, 4.69) is 51.1 Å². The van der Waals surface area contributed by atoms with E-state index in [0.717, 1.165) is 39.8 Å². The fraction of sp³-hybridized carbons (Fsp3) is 0.167. The van der Waals surface area contributed by atoms with E-state index >= 15 is 0 Å². The SMILES string of the molecule is O=C1NCCn2c(-c3ccc(CNCl)cc3)cc3cccc1c32. The highest BCUT2D eigenvalue weighted by Gasteiger charge is 2.20. The number of hydrogen-bond donors (Lipinski definition) is 2. The Hall–Kier alpha value is -2.30. The number of hydrogen-bond acceptors (Lipinski definition) is 2. The maximum atomic E-state index is 12.2. The number of carbonyl (C=O) groups is 1. The van der Waals surface area contributed by atoms with Crippen LogP contribution in [0.2, 0.25) is 0 Å². The van der Waals surface area contributed by atoms with Gasteiger partial charge < -0.3 is 9.88 Å². The second kappa shape index (κ2) is 5.72. The van der Waals surface area contributed by atoms with Gasteiger partial charge in [0.1, 0.15) is 0 Å². The van der Waals surface area contributed by atoms with E-state index in [9.17, 15) is 4.79 Å². The number of para-hydroxylation sites is 1.